The fourth-order valence-corrected chi connectivity index (χ4v) is 4.20. The fraction of sp³-hybridized carbons (Fsp3) is 0.889. The zero-order chi connectivity index (χ0) is 17.7. The van der Waals surface area contributed by atoms with Gasteiger partial charge >= 0.3 is 0 Å². The van der Waals surface area contributed by atoms with Gasteiger partial charge in [-0.05, 0) is 52.9 Å². The second kappa shape index (κ2) is 8.81. The normalized spacial score (nSPS) is 26.4. The predicted molar refractivity (Wildman–Crippen MR) is 95.8 cm³/mol. The van der Waals surface area contributed by atoms with Crippen molar-refractivity contribution in [2.24, 2.45) is 0 Å². The maximum Gasteiger partial charge on any atom is 0.242 e. The molecule has 0 spiro atoms. The molecule has 2 atom stereocenters. The van der Waals surface area contributed by atoms with Crippen molar-refractivity contribution in [2.75, 3.05) is 40.8 Å². The van der Waals surface area contributed by atoms with Gasteiger partial charge in [0.1, 0.15) is 0 Å². The lowest BCUT2D eigenvalue weighted by Crippen LogP contribution is -2.57. The Morgan fingerprint density at radius 2 is 1.62 bits per heavy atom. The number of likely N-dealkylation sites (N-methyl/N-ethyl adjacent to an activating group) is 2. The van der Waals surface area contributed by atoms with Gasteiger partial charge in [0.2, 0.25) is 11.8 Å². The van der Waals surface area contributed by atoms with Gasteiger partial charge in [0.05, 0.1) is 6.54 Å². The molecule has 0 aromatic rings. The molecule has 2 amide bonds. The number of hydrogen-bond acceptors (Lipinski definition) is 4. The summed E-state index contributed by atoms with van der Waals surface area (Å²) in [5.41, 5.74) is 0. The summed E-state index contributed by atoms with van der Waals surface area (Å²) in [5.74, 6) is -0.140. The molecule has 2 aliphatic rings. The molecule has 1 aliphatic carbocycles. The molecule has 0 radical (unpaired) electrons. The van der Waals surface area contributed by atoms with Gasteiger partial charge in [-0.1, -0.05) is 12.8 Å². The van der Waals surface area contributed by atoms with Crippen LogP contribution in [0.3, 0.4) is 0 Å². The van der Waals surface area contributed by atoms with Crippen LogP contribution in [-0.4, -0.2) is 85.4 Å². The Labute approximate surface area is 146 Å². The molecule has 2 fully saturated rings. The monoisotopic (exact) mass is 338 g/mol. The second-order valence-corrected chi connectivity index (χ2v) is 7.53. The van der Waals surface area contributed by atoms with Gasteiger partial charge in [0.15, 0.2) is 0 Å². The standard InChI is InChI=1S/C18H34N4O2/c1-14(23)19-13-18(24)22(4)17-8-6-5-7-16(17)21(3)15-9-11-20(2)12-10-15/h15-17H,5-13H2,1-4H3,(H,19,23)/t16-,17+/m0/s1. The molecule has 0 aromatic heterocycles. The molecule has 1 saturated carbocycles. The Bertz CT molecular complexity index is 435. The van der Waals surface area contributed by atoms with E-state index in [4.69, 9.17) is 0 Å². The molecule has 2 rings (SSSR count). The van der Waals surface area contributed by atoms with E-state index in [0.717, 1.165) is 25.9 Å². The quantitative estimate of drug-likeness (QED) is 0.810. The smallest absolute Gasteiger partial charge is 0.242 e. The maximum atomic E-state index is 12.4. The van der Waals surface area contributed by atoms with E-state index in [0.29, 0.717) is 12.1 Å². The summed E-state index contributed by atoms with van der Waals surface area (Å²) in [7, 11) is 6.33. The number of likely N-dealkylation sites (tertiary alicyclic amines) is 1. The van der Waals surface area contributed by atoms with Gasteiger partial charge in [-0.25, -0.2) is 0 Å². The fourth-order valence-electron chi connectivity index (χ4n) is 4.20. The van der Waals surface area contributed by atoms with Gasteiger partial charge in [0, 0.05) is 32.1 Å². The number of rotatable bonds is 5. The van der Waals surface area contributed by atoms with Crippen molar-refractivity contribution in [2.45, 2.75) is 63.6 Å². The molecule has 0 aromatic carbocycles. The minimum absolute atomic E-state index is 0.0128. The van der Waals surface area contributed by atoms with E-state index in [1.54, 1.807) is 0 Å². The number of piperidine rings is 1. The van der Waals surface area contributed by atoms with Gasteiger partial charge in [-0.2, -0.15) is 0 Å². The molecule has 24 heavy (non-hydrogen) atoms. The predicted octanol–water partition coefficient (Wildman–Crippen LogP) is 0.918. The zero-order valence-corrected chi connectivity index (χ0v) is 15.8. The highest BCUT2D eigenvalue weighted by Crippen LogP contribution is 2.29. The largest absolute Gasteiger partial charge is 0.347 e. The van der Waals surface area contributed by atoms with Gasteiger partial charge < -0.3 is 15.1 Å². The first-order chi connectivity index (χ1) is 11.4. The van der Waals surface area contributed by atoms with E-state index in [-0.39, 0.29) is 24.4 Å². The third kappa shape index (κ3) is 4.93. The third-order valence-corrected chi connectivity index (χ3v) is 5.86. The lowest BCUT2D eigenvalue weighted by molar-refractivity contribution is -0.135. The van der Waals surface area contributed by atoms with Crippen LogP contribution < -0.4 is 5.32 Å². The summed E-state index contributed by atoms with van der Waals surface area (Å²) < 4.78 is 0. The summed E-state index contributed by atoms with van der Waals surface area (Å²) in [5, 5.41) is 2.63. The van der Waals surface area contributed by atoms with Crippen molar-refractivity contribution in [3.63, 3.8) is 0 Å². The zero-order valence-electron chi connectivity index (χ0n) is 15.8. The first-order valence-corrected chi connectivity index (χ1v) is 9.30. The Hall–Kier alpha value is -1.14. The van der Waals surface area contributed by atoms with Crippen LogP contribution in [0.25, 0.3) is 0 Å². The van der Waals surface area contributed by atoms with Crippen LogP contribution in [0.4, 0.5) is 0 Å². The number of carbonyl (C=O) groups is 2. The van der Waals surface area contributed by atoms with Crippen LogP contribution in [0, 0.1) is 0 Å². The van der Waals surface area contributed by atoms with Crippen molar-refractivity contribution >= 4 is 11.8 Å². The highest BCUT2D eigenvalue weighted by molar-refractivity contribution is 5.83. The van der Waals surface area contributed by atoms with Crippen LogP contribution in [0.15, 0.2) is 0 Å². The molecule has 1 aliphatic heterocycles. The van der Waals surface area contributed by atoms with Crippen LogP contribution in [0.1, 0.15) is 45.4 Å². The molecule has 0 bridgehead atoms. The van der Waals surface area contributed by atoms with E-state index in [9.17, 15) is 9.59 Å². The summed E-state index contributed by atoms with van der Waals surface area (Å²) in [4.78, 5) is 30.3. The highest BCUT2D eigenvalue weighted by atomic mass is 16.2. The molecule has 1 saturated heterocycles. The maximum absolute atomic E-state index is 12.4. The Morgan fingerprint density at radius 1 is 1.04 bits per heavy atom. The van der Waals surface area contributed by atoms with Gasteiger partial charge in [-0.3, -0.25) is 14.5 Å². The van der Waals surface area contributed by atoms with E-state index < -0.39 is 0 Å². The lowest BCUT2D eigenvalue weighted by atomic mass is 9.86. The first-order valence-electron chi connectivity index (χ1n) is 9.30. The van der Waals surface area contributed by atoms with Crippen molar-refractivity contribution < 1.29 is 9.59 Å². The number of carbonyl (C=O) groups excluding carboxylic acids is 2. The van der Waals surface area contributed by atoms with E-state index in [1.165, 1.54) is 32.6 Å². The second-order valence-electron chi connectivity index (χ2n) is 7.53. The van der Waals surface area contributed by atoms with Crippen LogP contribution in [0.2, 0.25) is 0 Å². The Morgan fingerprint density at radius 3 is 2.21 bits per heavy atom. The molecular weight excluding hydrogens is 304 g/mol. The summed E-state index contributed by atoms with van der Waals surface area (Å²) >= 11 is 0. The average Bonchev–Trinajstić information content (AvgIpc) is 2.59. The molecule has 1 N–H and O–H groups in total. The summed E-state index contributed by atoms with van der Waals surface area (Å²) in [6.07, 6.45) is 7.06. The molecule has 6 heteroatoms. The lowest BCUT2D eigenvalue weighted by Gasteiger charge is -2.46. The summed E-state index contributed by atoms with van der Waals surface area (Å²) in [6, 6.07) is 1.30. The van der Waals surface area contributed by atoms with Crippen molar-refractivity contribution in [3.05, 3.63) is 0 Å². The molecular formula is C18H34N4O2. The minimum atomic E-state index is -0.152. The molecule has 1 heterocycles. The van der Waals surface area contributed by atoms with Gasteiger partial charge in [0.25, 0.3) is 0 Å². The molecule has 6 nitrogen and oxygen atoms in total. The summed E-state index contributed by atoms with van der Waals surface area (Å²) in [6.45, 7) is 3.87. The number of amides is 2. The van der Waals surface area contributed by atoms with Crippen LogP contribution in [-0.2, 0) is 9.59 Å². The SMILES string of the molecule is CC(=O)NCC(=O)N(C)[C@@H]1CCCC[C@@H]1N(C)C1CCN(C)CC1. The van der Waals surface area contributed by atoms with E-state index in [2.05, 4.69) is 29.2 Å². The first kappa shape index (κ1) is 19.2. The number of hydrogen-bond donors (Lipinski definition) is 1. The van der Waals surface area contributed by atoms with Crippen molar-refractivity contribution in [3.8, 4) is 0 Å². The number of nitrogens with zero attached hydrogens (tertiary/aromatic N) is 3. The Balaban J connectivity index is 1.98. The average molecular weight is 338 g/mol. The highest BCUT2D eigenvalue weighted by Gasteiger charge is 2.36. The van der Waals surface area contributed by atoms with Crippen LogP contribution >= 0.6 is 0 Å². The molecule has 138 valence electrons. The molecule has 0 unspecified atom stereocenters. The van der Waals surface area contributed by atoms with E-state index >= 15 is 0 Å². The minimum Gasteiger partial charge on any atom is -0.347 e. The number of nitrogens with one attached hydrogen (secondary N) is 1. The Kier molecular flexibility index (Phi) is 7.04. The van der Waals surface area contributed by atoms with Gasteiger partial charge in [-0.15, -0.1) is 0 Å². The third-order valence-electron chi connectivity index (χ3n) is 5.86. The van der Waals surface area contributed by atoms with Crippen molar-refractivity contribution in [1.29, 1.82) is 0 Å². The van der Waals surface area contributed by atoms with E-state index in [1.807, 2.05) is 11.9 Å². The topological polar surface area (TPSA) is 55.9 Å². The van der Waals surface area contributed by atoms with Crippen molar-refractivity contribution in [1.82, 2.24) is 20.0 Å². The van der Waals surface area contributed by atoms with Crippen LogP contribution in [0.5, 0.6) is 0 Å².